The summed E-state index contributed by atoms with van der Waals surface area (Å²) in [5, 5.41) is 1.88. The van der Waals surface area contributed by atoms with Crippen LogP contribution in [0.5, 0.6) is 0 Å². The summed E-state index contributed by atoms with van der Waals surface area (Å²) in [6.07, 6.45) is -3.56. The van der Waals surface area contributed by atoms with Gasteiger partial charge < -0.3 is 9.47 Å². The van der Waals surface area contributed by atoms with Crippen LogP contribution in [0.3, 0.4) is 0 Å². The van der Waals surface area contributed by atoms with Crippen LogP contribution in [0.25, 0.3) is 11.1 Å². The molecule has 8 heteroatoms. The number of hydrogen-bond acceptors (Lipinski definition) is 3. The standard InChI is InChI=1S/C23H19F3N2O2S/c24-23(25,26)17-4-1-3-15(10-17)18-6-7-19-16-9-14(12-28(19)21(18)29)11-27(13-16)22(30)20-5-2-8-31-20/h1-8,10,14,16H,9,11-13H2/t14-,16+/m0/s1. The Morgan fingerprint density at radius 1 is 1.03 bits per heavy atom. The molecule has 4 nitrogen and oxygen atoms in total. The van der Waals surface area contributed by atoms with Crippen molar-refractivity contribution in [2.45, 2.75) is 25.1 Å². The van der Waals surface area contributed by atoms with E-state index in [9.17, 15) is 22.8 Å². The molecule has 2 aromatic heterocycles. The zero-order valence-electron chi connectivity index (χ0n) is 16.4. The van der Waals surface area contributed by atoms with E-state index in [-0.39, 0.29) is 34.4 Å². The Bertz CT molecular complexity index is 1200. The van der Waals surface area contributed by atoms with E-state index in [0.29, 0.717) is 24.5 Å². The summed E-state index contributed by atoms with van der Waals surface area (Å²) in [5.74, 6) is 0.199. The number of carbonyl (C=O) groups excluding carboxylic acids is 1. The molecule has 2 atom stereocenters. The number of hydrogen-bond donors (Lipinski definition) is 0. The number of carbonyl (C=O) groups is 1. The highest BCUT2D eigenvalue weighted by molar-refractivity contribution is 7.12. The minimum Gasteiger partial charge on any atom is -0.337 e. The molecule has 2 aliphatic heterocycles. The minimum absolute atomic E-state index is 0.0149. The van der Waals surface area contributed by atoms with Crippen molar-refractivity contribution in [1.29, 1.82) is 0 Å². The smallest absolute Gasteiger partial charge is 0.337 e. The van der Waals surface area contributed by atoms with E-state index in [0.717, 1.165) is 24.2 Å². The fourth-order valence-corrected chi connectivity index (χ4v) is 5.44. The Labute approximate surface area is 180 Å². The van der Waals surface area contributed by atoms with Gasteiger partial charge in [0.1, 0.15) is 0 Å². The normalized spacial score (nSPS) is 20.4. The maximum absolute atomic E-state index is 13.2. The highest BCUT2D eigenvalue weighted by Gasteiger charge is 2.37. The number of rotatable bonds is 2. The van der Waals surface area contributed by atoms with Crippen LogP contribution in [-0.4, -0.2) is 28.5 Å². The topological polar surface area (TPSA) is 42.3 Å². The minimum atomic E-state index is -4.46. The van der Waals surface area contributed by atoms with Crippen LogP contribution in [0, 0.1) is 5.92 Å². The van der Waals surface area contributed by atoms with Crippen LogP contribution in [0.4, 0.5) is 13.2 Å². The number of piperidine rings is 1. The summed E-state index contributed by atoms with van der Waals surface area (Å²) < 4.78 is 41.0. The average molecular weight is 444 g/mol. The number of likely N-dealkylation sites (tertiary alicyclic amines) is 1. The van der Waals surface area contributed by atoms with Gasteiger partial charge in [0.25, 0.3) is 11.5 Å². The highest BCUT2D eigenvalue weighted by Crippen LogP contribution is 2.37. The van der Waals surface area contributed by atoms with Crippen molar-refractivity contribution in [2.75, 3.05) is 13.1 Å². The lowest BCUT2D eigenvalue weighted by Crippen LogP contribution is -2.49. The maximum atomic E-state index is 13.2. The molecule has 160 valence electrons. The second-order valence-corrected chi connectivity index (χ2v) is 9.10. The molecule has 2 aliphatic rings. The summed E-state index contributed by atoms with van der Waals surface area (Å²) in [4.78, 5) is 28.6. The van der Waals surface area contributed by atoms with Crippen LogP contribution in [0.15, 0.2) is 58.7 Å². The predicted octanol–water partition coefficient (Wildman–Crippen LogP) is 4.86. The zero-order chi connectivity index (χ0) is 21.8. The van der Waals surface area contributed by atoms with E-state index < -0.39 is 11.7 Å². The van der Waals surface area contributed by atoms with E-state index in [2.05, 4.69) is 0 Å². The first-order valence-electron chi connectivity index (χ1n) is 10.1. The van der Waals surface area contributed by atoms with Crippen LogP contribution in [0.1, 0.15) is 33.3 Å². The fraction of sp³-hybridized carbons (Fsp3) is 0.304. The predicted molar refractivity (Wildman–Crippen MR) is 112 cm³/mol. The second-order valence-electron chi connectivity index (χ2n) is 8.15. The molecule has 0 N–H and O–H groups in total. The number of pyridine rings is 1. The van der Waals surface area contributed by atoms with E-state index in [4.69, 9.17) is 0 Å². The summed E-state index contributed by atoms with van der Waals surface area (Å²) in [6.45, 7) is 1.58. The number of amides is 1. The molecule has 31 heavy (non-hydrogen) atoms. The fourth-order valence-electron chi connectivity index (χ4n) is 4.75. The molecule has 1 fully saturated rings. The number of thiophene rings is 1. The van der Waals surface area contributed by atoms with Crippen molar-refractivity contribution >= 4 is 17.2 Å². The van der Waals surface area contributed by atoms with Gasteiger partial charge in [-0.15, -0.1) is 11.3 Å². The van der Waals surface area contributed by atoms with E-state index in [1.807, 2.05) is 28.5 Å². The van der Waals surface area contributed by atoms with Gasteiger partial charge in [0.05, 0.1) is 10.4 Å². The van der Waals surface area contributed by atoms with Crippen molar-refractivity contribution in [1.82, 2.24) is 9.47 Å². The lowest BCUT2D eigenvalue weighted by atomic mass is 9.82. The number of benzene rings is 1. The Balaban J connectivity index is 1.48. The monoisotopic (exact) mass is 444 g/mol. The summed E-state index contributed by atoms with van der Waals surface area (Å²) in [6, 6.07) is 12.0. The van der Waals surface area contributed by atoms with Crippen molar-refractivity contribution in [2.24, 2.45) is 5.92 Å². The van der Waals surface area contributed by atoms with Gasteiger partial charge in [-0.05, 0) is 53.6 Å². The molecular formula is C23H19F3N2O2S. The second kappa shape index (κ2) is 7.37. The number of alkyl halides is 3. The van der Waals surface area contributed by atoms with Crippen LogP contribution < -0.4 is 5.56 Å². The average Bonchev–Trinajstić information content (AvgIpc) is 3.28. The van der Waals surface area contributed by atoms with Gasteiger partial charge in [-0.2, -0.15) is 13.2 Å². The van der Waals surface area contributed by atoms with Crippen molar-refractivity contribution < 1.29 is 18.0 Å². The van der Waals surface area contributed by atoms with E-state index in [1.165, 1.54) is 23.5 Å². The van der Waals surface area contributed by atoms with Gasteiger partial charge in [0.2, 0.25) is 0 Å². The SMILES string of the molecule is O=C(c1cccs1)N1C[C@@H]2C[C@H](C1)c1ccc(-c3cccc(C(F)(F)F)c3)c(=O)n1C2. The van der Waals surface area contributed by atoms with Crippen LogP contribution >= 0.6 is 11.3 Å². The molecule has 0 unspecified atom stereocenters. The Hall–Kier alpha value is -2.87. The number of halogens is 3. The van der Waals surface area contributed by atoms with Gasteiger partial charge in [-0.25, -0.2) is 0 Å². The molecule has 1 amide bonds. The lowest BCUT2D eigenvalue weighted by Gasteiger charge is -2.42. The first-order valence-corrected chi connectivity index (χ1v) is 10.9. The van der Waals surface area contributed by atoms with Crippen LogP contribution in [0.2, 0.25) is 0 Å². The number of nitrogens with zero attached hydrogens (tertiary/aromatic N) is 2. The summed E-state index contributed by atoms with van der Waals surface area (Å²) >= 11 is 1.42. The molecule has 1 aromatic carbocycles. The zero-order valence-corrected chi connectivity index (χ0v) is 17.2. The molecule has 0 saturated carbocycles. The molecule has 5 rings (SSSR count). The van der Waals surface area contributed by atoms with Crippen molar-refractivity contribution in [3.05, 3.63) is 80.4 Å². The molecule has 3 aromatic rings. The molecule has 0 aliphatic carbocycles. The Kier molecular flexibility index (Phi) is 4.77. The van der Waals surface area contributed by atoms with Crippen molar-refractivity contribution in [3.8, 4) is 11.1 Å². The van der Waals surface area contributed by atoms with E-state index in [1.54, 1.807) is 10.6 Å². The Morgan fingerprint density at radius 2 is 1.87 bits per heavy atom. The van der Waals surface area contributed by atoms with Gasteiger partial charge >= 0.3 is 6.18 Å². The highest BCUT2D eigenvalue weighted by atomic mass is 32.1. The van der Waals surface area contributed by atoms with Gasteiger partial charge in [0, 0.05) is 36.8 Å². The third-order valence-electron chi connectivity index (χ3n) is 6.12. The van der Waals surface area contributed by atoms with E-state index >= 15 is 0 Å². The van der Waals surface area contributed by atoms with Gasteiger partial charge in [-0.3, -0.25) is 9.59 Å². The largest absolute Gasteiger partial charge is 0.416 e. The molecule has 0 radical (unpaired) electrons. The quantitative estimate of drug-likeness (QED) is 0.567. The van der Waals surface area contributed by atoms with Crippen molar-refractivity contribution in [3.63, 3.8) is 0 Å². The maximum Gasteiger partial charge on any atom is 0.416 e. The molecule has 2 bridgehead atoms. The first-order chi connectivity index (χ1) is 14.8. The third kappa shape index (κ3) is 3.59. The molecule has 0 spiro atoms. The lowest BCUT2D eigenvalue weighted by molar-refractivity contribution is -0.137. The number of aromatic nitrogens is 1. The molecular weight excluding hydrogens is 425 g/mol. The summed E-state index contributed by atoms with van der Waals surface area (Å²) in [5.41, 5.74) is 0.332. The molecule has 1 saturated heterocycles. The first kappa shape index (κ1) is 20.1. The Morgan fingerprint density at radius 3 is 2.61 bits per heavy atom. The number of fused-ring (bicyclic) bond motifs is 4. The summed E-state index contributed by atoms with van der Waals surface area (Å²) in [7, 11) is 0. The van der Waals surface area contributed by atoms with Crippen LogP contribution in [-0.2, 0) is 12.7 Å². The van der Waals surface area contributed by atoms with Gasteiger partial charge in [0.15, 0.2) is 0 Å². The molecule has 4 heterocycles. The van der Waals surface area contributed by atoms with Gasteiger partial charge in [-0.1, -0.05) is 18.2 Å². The third-order valence-corrected chi connectivity index (χ3v) is 6.98.